The van der Waals surface area contributed by atoms with Gasteiger partial charge in [0.2, 0.25) is 0 Å². The fraction of sp³-hybridized carbons (Fsp3) is 0.333. The first-order chi connectivity index (χ1) is 8.08. The number of carbonyl (C=O) groups is 2. The van der Waals surface area contributed by atoms with E-state index in [9.17, 15) is 9.59 Å². The predicted molar refractivity (Wildman–Crippen MR) is 65.6 cm³/mol. The molecule has 0 saturated carbocycles. The van der Waals surface area contributed by atoms with E-state index in [0.29, 0.717) is 0 Å². The first-order valence-corrected chi connectivity index (χ1v) is 6.00. The SMILES string of the molecule is CC(=O)OCC(=Cc1ccsc1)COC(C)=O. The molecule has 0 spiro atoms. The van der Waals surface area contributed by atoms with E-state index in [1.165, 1.54) is 13.8 Å². The zero-order chi connectivity index (χ0) is 12.7. The summed E-state index contributed by atoms with van der Waals surface area (Å²) in [4.78, 5) is 21.5. The Morgan fingerprint density at radius 2 is 1.82 bits per heavy atom. The number of hydrogen-bond acceptors (Lipinski definition) is 5. The van der Waals surface area contributed by atoms with Crippen LogP contribution in [0.5, 0.6) is 0 Å². The Morgan fingerprint density at radius 1 is 1.24 bits per heavy atom. The highest BCUT2D eigenvalue weighted by atomic mass is 32.1. The third-order valence-corrected chi connectivity index (χ3v) is 2.54. The molecule has 0 aliphatic heterocycles. The fourth-order valence-electron chi connectivity index (χ4n) is 1.11. The van der Waals surface area contributed by atoms with Crippen LogP contribution < -0.4 is 0 Å². The Bertz CT molecular complexity index is 386. The molecule has 92 valence electrons. The van der Waals surface area contributed by atoms with Crippen molar-refractivity contribution in [3.63, 3.8) is 0 Å². The van der Waals surface area contributed by atoms with Crippen molar-refractivity contribution in [2.24, 2.45) is 0 Å². The molecule has 1 aromatic heterocycles. The lowest BCUT2D eigenvalue weighted by Gasteiger charge is -2.07. The number of carbonyl (C=O) groups excluding carboxylic acids is 2. The average molecular weight is 254 g/mol. The van der Waals surface area contributed by atoms with Crippen molar-refractivity contribution in [1.29, 1.82) is 0 Å². The maximum atomic E-state index is 10.7. The zero-order valence-electron chi connectivity index (χ0n) is 9.76. The monoisotopic (exact) mass is 254 g/mol. The van der Waals surface area contributed by atoms with Gasteiger partial charge in [0.15, 0.2) is 0 Å². The van der Waals surface area contributed by atoms with Gasteiger partial charge in [-0.2, -0.15) is 11.3 Å². The highest BCUT2D eigenvalue weighted by Crippen LogP contribution is 2.12. The summed E-state index contributed by atoms with van der Waals surface area (Å²) >= 11 is 1.57. The van der Waals surface area contributed by atoms with E-state index in [4.69, 9.17) is 9.47 Å². The van der Waals surface area contributed by atoms with Gasteiger partial charge in [0, 0.05) is 19.4 Å². The van der Waals surface area contributed by atoms with Crippen molar-refractivity contribution in [2.45, 2.75) is 13.8 Å². The Balaban J connectivity index is 2.64. The molecule has 0 radical (unpaired) electrons. The minimum Gasteiger partial charge on any atom is -0.461 e. The van der Waals surface area contributed by atoms with Gasteiger partial charge in [-0.25, -0.2) is 0 Å². The van der Waals surface area contributed by atoms with Crippen LogP contribution in [-0.2, 0) is 19.1 Å². The molecule has 0 amide bonds. The molecular weight excluding hydrogens is 240 g/mol. The standard InChI is InChI=1S/C12H14O4S/c1-9(13)15-6-12(7-16-10(2)14)5-11-3-4-17-8-11/h3-5,8H,6-7H2,1-2H3. The molecule has 0 bridgehead atoms. The molecule has 0 unspecified atom stereocenters. The second-order valence-electron chi connectivity index (χ2n) is 3.42. The molecule has 0 saturated heterocycles. The van der Waals surface area contributed by atoms with Crippen molar-refractivity contribution < 1.29 is 19.1 Å². The van der Waals surface area contributed by atoms with Crippen LogP contribution in [0, 0.1) is 0 Å². The molecule has 0 aromatic carbocycles. The van der Waals surface area contributed by atoms with Crippen LogP contribution >= 0.6 is 11.3 Å². The summed E-state index contributed by atoms with van der Waals surface area (Å²) in [7, 11) is 0. The summed E-state index contributed by atoms with van der Waals surface area (Å²) in [5.74, 6) is -0.715. The Labute approximate surface area is 104 Å². The summed E-state index contributed by atoms with van der Waals surface area (Å²) in [6, 6.07) is 1.94. The van der Waals surface area contributed by atoms with Gasteiger partial charge in [-0.3, -0.25) is 9.59 Å². The van der Waals surface area contributed by atoms with Crippen molar-refractivity contribution in [3.8, 4) is 0 Å². The average Bonchev–Trinajstić information content (AvgIpc) is 2.74. The molecular formula is C12H14O4S. The van der Waals surface area contributed by atoms with Crippen molar-refractivity contribution in [3.05, 3.63) is 28.0 Å². The van der Waals surface area contributed by atoms with Crippen LogP contribution in [0.25, 0.3) is 6.08 Å². The Hall–Kier alpha value is -1.62. The molecule has 0 atom stereocenters. The van der Waals surface area contributed by atoms with Gasteiger partial charge in [-0.15, -0.1) is 0 Å². The molecule has 1 rings (SSSR count). The summed E-state index contributed by atoms with van der Waals surface area (Å²) in [5, 5.41) is 3.91. The molecule has 17 heavy (non-hydrogen) atoms. The topological polar surface area (TPSA) is 52.6 Å². The first-order valence-electron chi connectivity index (χ1n) is 5.06. The van der Waals surface area contributed by atoms with Gasteiger partial charge in [0.25, 0.3) is 0 Å². The lowest BCUT2D eigenvalue weighted by Crippen LogP contribution is -2.10. The maximum absolute atomic E-state index is 10.7. The van der Waals surface area contributed by atoms with E-state index in [-0.39, 0.29) is 25.2 Å². The largest absolute Gasteiger partial charge is 0.461 e. The molecule has 5 heteroatoms. The van der Waals surface area contributed by atoms with Gasteiger partial charge in [0.1, 0.15) is 13.2 Å². The molecule has 1 aromatic rings. The second-order valence-corrected chi connectivity index (χ2v) is 4.20. The van der Waals surface area contributed by atoms with Crippen molar-refractivity contribution in [2.75, 3.05) is 13.2 Å². The zero-order valence-corrected chi connectivity index (χ0v) is 10.6. The number of hydrogen-bond donors (Lipinski definition) is 0. The number of rotatable bonds is 5. The Morgan fingerprint density at radius 3 is 2.24 bits per heavy atom. The highest BCUT2D eigenvalue weighted by Gasteiger charge is 2.04. The highest BCUT2D eigenvalue weighted by molar-refractivity contribution is 7.08. The fourth-order valence-corrected chi connectivity index (χ4v) is 1.72. The van der Waals surface area contributed by atoms with Crippen molar-refractivity contribution in [1.82, 2.24) is 0 Å². The molecule has 0 N–H and O–H groups in total. The Kier molecular flexibility index (Phi) is 5.42. The number of esters is 2. The van der Waals surface area contributed by atoms with Gasteiger partial charge < -0.3 is 9.47 Å². The van der Waals surface area contributed by atoms with E-state index < -0.39 is 0 Å². The predicted octanol–water partition coefficient (Wildman–Crippen LogP) is 2.26. The smallest absolute Gasteiger partial charge is 0.302 e. The lowest BCUT2D eigenvalue weighted by molar-refractivity contribution is -0.141. The summed E-state index contributed by atoms with van der Waals surface area (Å²) in [6.45, 7) is 2.96. The van der Waals surface area contributed by atoms with Crippen LogP contribution in [-0.4, -0.2) is 25.2 Å². The van der Waals surface area contributed by atoms with Crippen LogP contribution in [0.1, 0.15) is 19.4 Å². The minimum absolute atomic E-state index is 0.137. The van der Waals surface area contributed by atoms with Gasteiger partial charge in [0.05, 0.1) is 0 Å². The molecule has 1 heterocycles. The van der Waals surface area contributed by atoms with E-state index >= 15 is 0 Å². The van der Waals surface area contributed by atoms with Gasteiger partial charge in [-0.05, 0) is 28.5 Å². The molecule has 0 aliphatic rings. The normalized spacial score (nSPS) is 9.53. The summed E-state index contributed by atoms with van der Waals surface area (Å²) in [6.07, 6.45) is 1.85. The van der Waals surface area contributed by atoms with Crippen LogP contribution in [0.3, 0.4) is 0 Å². The summed E-state index contributed by atoms with van der Waals surface area (Å²) < 4.78 is 9.78. The van der Waals surface area contributed by atoms with Crippen LogP contribution in [0.15, 0.2) is 22.4 Å². The van der Waals surface area contributed by atoms with E-state index in [0.717, 1.165) is 11.1 Å². The molecule has 0 aliphatic carbocycles. The third-order valence-electron chi connectivity index (χ3n) is 1.84. The lowest BCUT2D eigenvalue weighted by atomic mass is 10.2. The van der Waals surface area contributed by atoms with E-state index in [1.54, 1.807) is 11.3 Å². The summed E-state index contributed by atoms with van der Waals surface area (Å²) in [5.41, 5.74) is 1.75. The van der Waals surface area contributed by atoms with Crippen molar-refractivity contribution >= 4 is 29.4 Å². The molecule has 0 fully saturated rings. The van der Waals surface area contributed by atoms with Gasteiger partial charge in [-0.1, -0.05) is 0 Å². The van der Waals surface area contributed by atoms with Gasteiger partial charge >= 0.3 is 11.9 Å². The third kappa shape index (κ3) is 5.87. The first kappa shape index (κ1) is 13.4. The number of ether oxygens (including phenoxy) is 2. The van der Waals surface area contributed by atoms with Crippen LogP contribution in [0.4, 0.5) is 0 Å². The van der Waals surface area contributed by atoms with E-state index in [2.05, 4.69) is 0 Å². The maximum Gasteiger partial charge on any atom is 0.302 e. The minimum atomic E-state index is -0.357. The second kappa shape index (κ2) is 6.85. The molecule has 4 nitrogen and oxygen atoms in total. The van der Waals surface area contributed by atoms with E-state index in [1.807, 2.05) is 22.9 Å². The van der Waals surface area contributed by atoms with Crippen LogP contribution in [0.2, 0.25) is 0 Å². The number of thiophene rings is 1. The quantitative estimate of drug-likeness (QED) is 0.756.